The Balaban J connectivity index is 2.39. The van der Waals surface area contributed by atoms with E-state index in [0.717, 1.165) is 0 Å². The van der Waals surface area contributed by atoms with E-state index in [0.29, 0.717) is 10.0 Å². The highest BCUT2D eigenvalue weighted by molar-refractivity contribution is 9.10. The summed E-state index contributed by atoms with van der Waals surface area (Å²) in [6.45, 7) is 1.19. The molecule has 1 aromatic heterocycles. The van der Waals surface area contributed by atoms with E-state index < -0.39 is 17.8 Å². The summed E-state index contributed by atoms with van der Waals surface area (Å²) in [5.41, 5.74) is 0.139. The molecule has 0 aliphatic heterocycles. The Kier molecular flexibility index (Phi) is 4.51. The molecule has 7 heteroatoms. The van der Waals surface area contributed by atoms with Crippen molar-refractivity contribution in [3.63, 3.8) is 0 Å². The molecule has 0 saturated carbocycles. The molecular weight excluding hydrogens is 399 g/mol. The summed E-state index contributed by atoms with van der Waals surface area (Å²) < 4.78 is 46.3. The number of fused-ring (bicyclic) bond motifs is 1. The highest BCUT2D eigenvalue weighted by Crippen LogP contribution is 2.39. The molecule has 0 atom stereocenters. The number of benzene rings is 2. The first-order chi connectivity index (χ1) is 11.8. The monoisotopic (exact) mass is 409 g/mol. The van der Waals surface area contributed by atoms with Gasteiger partial charge in [-0.3, -0.25) is 4.79 Å². The van der Waals surface area contributed by atoms with E-state index in [9.17, 15) is 18.0 Å². The largest absolute Gasteiger partial charge is 0.451 e. The standard InChI is InChI=1S/C18H11BrF3NO2/c1-10(24)23-16(11-5-4-6-12(19)9-11)15-13-7-2-3-8-14(13)25-17(15)18(20,21)22/h2-9H,1H3. The van der Waals surface area contributed by atoms with Gasteiger partial charge in [0.1, 0.15) is 5.58 Å². The number of hydrogen-bond donors (Lipinski definition) is 0. The van der Waals surface area contributed by atoms with Crippen LogP contribution in [0.2, 0.25) is 0 Å². The molecule has 0 N–H and O–H groups in total. The molecule has 0 fully saturated rings. The van der Waals surface area contributed by atoms with Gasteiger partial charge in [-0.25, -0.2) is 4.99 Å². The smallest absolute Gasteiger partial charge is 0.450 e. The number of nitrogens with zero attached hydrogens (tertiary/aromatic N) is 1. The first-order valence-corrected chi connectivity index (χ1v) is 8.01. The van der Waals surface area contributed by atoms with Crippen molar-refractivity contribution in [3.8, 4) is 0 Å². The van der Waals surface area contributed by atoms with E-state index >= 15 is 0 Å². The quantitative estimate of drug-likeness (QED) is 0.517. The normalized spacial score (nSPS) is 12.6. The summed E-state index contributed by atoms with van der Waals surface area (Å²) in [5.74, 6) is -1.78. The van der Waals surface area contributed by atoms with Crippen molar-refractivity contribution < 1.29 is 22.4 Å². The number of alkyl halides is 3. The van der Waals surface area contributed by atoms with Crippen LogP contribution < -0.4 is 0 Å². The van der Waals surface area contributed by atoms with Crippen molar-refractivity contribution in [2.24, 2.45) is 4.99 Å². The van der Waals surface area contributed by atoms with Gasteiger partial charge < -0.3 is 4.42 Å². The van der Waals surface area contributed by atoms with Crippen LogP contribution in [0.15, 0.2) is 62.4 Å². The average molecular weight is 410 g/mol. The van der Waals surface area contributed by atoms with Crippen molar-refractivity contribution in [2.45, 2.75) is 13.1 Å². The number of hydrogen-bond acceptors (Lipinski definition) is 2. The molecule has 1 heterocycles. The Morgan fingerprint density at radius 1 is 1.12 bits per heavy atom. The Labute approximate surface area is 149 Å². The molecule has 3 nitrogen and oxygen atoms in total. The van der Waals surface area contributed by atoms with Crippen LogP contribution in [0, 0.1) is 0 Å². The van der Waals surface area contributed by atoms with Crippen LogP contribution in [0.4, 0.5) is 13.2 Å². The van der Waals surface area contributed by atoms with Crippen LogP contribution in [0.1, 0.15) is 23.8 Å². The minimum Gasteiger partial charge on any atom is -0.451 e. The van der Waals surface area contributed by atoms with Crippen molar-refractivity contribution >= 4 is 38.5 Å². The van der Waals surface area contributed by atoms with Crippen LogP contribution in [0.5, 0.6) is 0 Å². The fraction of sp³-hybridized carbons (Fsp3) is 0.111. The fourth-order valence-corrected chi connectivity index (χ4v) is 2.94. The summed E-state index contributed by atoms with van der Waals surface area (Å²) in [6.07, 6.45) is -4.72. The van der Waals surface area contributed by atoms with Gasteiger partial charge in [0.25, 0.3) is 0 Å². The fourth-order valence-electron chi connectivity index (χ4n) is 2.54. The Hall–Kier alpha value is -2.41. The molecule has 0 aliphatic rings. The first kappa shape index (κ1) is 17.4. The summed E-state index contributed by atoms with van der Waals surface area (Å²) in [6, 6.07) is 12.7. The number of carbonyl (C=O) groups excluding carboxylic acids is 1. The lowest BCUT2D eigenvalue weighted by molar-refractivity contribution is -0.152. The summed E-state index contributed by atoms with van der Waals surface area (Å²) in [4.78, 5) is 15.4. The van der Waals surface area contributed by atoms with E-state index in [1.165, 1.54) is 19.1 Å². The van der Waals surface area contributed by atoms with Crippen molar-refractivity contribution in [2.75, 3.05) is 0 Å². The van der Waals surface area contributed by atoms with Crippen molar-refractivity contribution in [1.29, 1.82) is 0 Å². The lowest BCUT2D eigenvalue weighted by Crippen LogP contribution is -2.13. The number of para-hydroxylation sites is 1. The van der Waals surface area contributed by atoms with Gasteiger partial charge in [0, 0.05) is 22.3 Å². The van der Waals surface area contributed by atoms with Gasteiger partial charge >= 0.3 is 6.18 Å². The first-order valence-electron chi connectivity index (χ1n) is 7.21. The van der Waals surface area contributed by atoms with Crippen molar-refractivity contribution in [1.82, 2.24) is 0 Å². The molecule has 3 rings (SSSR count). The topological polar surface area (TPSA) is 42.6 Å². The number of amides is 1. The van der Waals surface area contributed by atoms with Crippen LogP contribution in [0.25, 0.3) is 11.0 Å². The van der Waals surface area contributed by atoms with Crippen LogP contribution in [0.3, 0.4) is 0 Å². The molecule has 2 aromatic carbocycles. The third-order valence-corrected chi connectivity index (χ3v) is 3.95. The summed E-state index contributed by atoms with van der Waals surface area (Å²) in [5, 5.41) is 0.245. The van der Waals surface area contributed by atoms with Gasteiger partial charge in [-0.1, -0.05) is 46.3 Å². The van der Waals surface area contributed by atoms with E-state index in [1.807, 2.05) is 0 Å². The van der Waals surface area contributed by atoms with Crippen molar-refractivity contribution in [3.05, 3.63) is 69.9 Å². The summed E-state index contributed by atoms with van der Waals surface area (Å²) in [7, 11) is 0. The second kappa shape index (κ2) is 6.48. The van der Waals surface area contributed by atoms with Crippen LogP contribution in [-0.4, -0.2) is 11.6 Å². The number of aliphatic imine (C=N–C) groups is 1. The number of halogens is 4. The maximum Gasteiger partial charge on any atom is 0.450 e. The molecule has 1 amide bonds. The average Bonchev–Trinajstić information content (AvgIpc) is 2.92. The maximum atomic E-state index is 13.5. The zero-order valence-corrected chi connectivity index (χ0v) is 14.5. The molecule has 0 unspecified atom stereocenters. The van der Waals surface area contributed by atoms with Crippen LogP contribution in [-0.2, 0) is 11.0 Å². The van der Waals surface area contributed by atoms with Crippen LogP contribution >= 0.6 is 15.9 Å². The third-order valence-electron chi connectivity index (χ3n) is 3.46. The minimum absolute atomic E-state index is 0.0777. The highest BCUT2D eigenvalue weighted by atomic mass is 79.9. The minimum atomic E-state index is -4.72. The molecule has 0 saturated heterocycles. The van der Waals surface area contributed by atoms with E-state index in [1.54, 1.807) is 36.4 Å². The number of rotatable bonds is 2. The molecular formula is C18H11BrF3NO2. The van der Waals surface area contributed by atoms with Gasteiger partial charge in [0.2, 0.25) is 11.7 Å². The SMILES string of the molecule is CC(=O)N=C(c1cccc(Br)c1)c1c(C(F)(F)F)oc2ccccc12. The number of furan rings is 1. The van der Waals surface area contributed by atoms with Gasteiger partial charge in [-0.05, 0) is 18.2 Å². The van der Waals surface area contributed by atoms with Gasteiger partial charge in [-0.15, -0.1) is 0 Å². The second-order valence-electron chi connectivity index (χ2n) is 5.29. The predicted molar refractivity (Wildman–Crippen MR) is 91.7 cm³/mol. The second-order valence-corrected chi connectivity index (χ2v) is 6.21. The molecule has 0 radical (unpaired) electrons. The van der Waals surface area contributed by atoms with E-state index in [-0.39, 0.29) is 22.2 Å². The molecule has 0 aliphatic carbocycles. The third kappa shape index (κ3) is 3.51. The number of carbonyl (C=O) groups is 1. The lowest BCUT2D eigenvalue weighted by atomic mass is 9.98. The zero-order valence-electron chi connectivity index (χ0n) is 12.9. The molecule has 3 aromatic rings. The molecule has 0 bridgehead atoms. The van der Waals surface area contributed by atoms with Gasteiger partial charge in [0.15, 0.2) is 0 Å². The Bertz CT molecular complexity index is 989. The molecule has 25 heavy (non-hydrogen) atoms. The van der Waals surface area contributed by atoms with E-state index in [4.69, 9.17) is 4.42 Å². The molecule has 128 valence electrons. The Morgan fingerprint density at radius 3 is 2.48 bits per heavy atom. The molecule has 0 spiro atoms. The zero-order chi connectivity index (χ0) is 18.2. The van der Waals surface area contributed by atoms with E-state index in [2.05, 4.69) is 20.9 Å². The maximum absolute atomic E-state index is 13.5. The van der Waals surface area contributed by atoms with Gasteiger partial charge in [-0.2, -0.15) is 13.2 Å². The Morgan fingerprint density at radius 2 is 1.84 bits per heavy atom. The van der Waals surface area contributed by atoms with Gasteiger partial charge in [0.05, 0.1) is 11.3 Å². The highest BCUT2D eigenvalue weighted by Gasteiger charge is 2.40. The predicted octanol–water partition coefficient (Wildman–Crippen LogP) is 5.60. The summed E-state index contributed by atoms with van der Waals surface area (Å²) >= 11 is 3.28. The lowest BCUT2D eigenvalue weighted by Gasteiger charge is -2.10.